The molecule has 0 bridgehead atoms. The molecular formula is C28H40F3NO2. The maximum atomic E-state index is 12.6. The first-order valence-electron chi connectivity index (χ1n) is 11.8. The summed E-state index contributed by atoms with van der Waals surface area (Å²) < 4.78 is 43.0. The molecule has 0 spiro atoms. The first kappa shape index (κ1) is 29.7. The zero-order valence-corrected chi connectivity index (χ0v) is 21.1. The number of nitrogens with one attached hydrogen (secondary N) is 1. The van der Waals surface area contributed by atoms with Gasteiger partial charge >= 0.3 is 6.18 Å². The second kappa shape index (κ2) is 15.6. The Labute approximate surface area is 203 Å². The van der Waals surface area contributed by atoms with Crippen LogP contribution >= 0.6 is 0 Å². The summed E-state index contributed by atoms with van der Waals surface area (Å²) in [6.07, 6.45) is 9.30. The summed E-state index contributed by atoms with van der Waals surface area (Å²) in [4.78, 5) is 0. The van der Waals surface area contributed by atoms with Crippen LogP contribution in [0.15, 0.2) is 70.9 Å². The van der Waals surface area contributed by atoms with Crippen molar-refractivity contribution in [2.75, 3.05) is 11.9 Å². The predicted molar refractivity (Wildman–Crippen MR) is 135 cm³/mol. The number of hydrogen-bond acceptors (Lipinski definition) is 3. The lowest BCUT2D eigenvalue weighted by atomic mass is 10.0. The van der Waals surface area contributed by atoms with E-state index >= 15 is 0 Å². The molecule has 1 rings (SSSR count). The fourth-order valence-electron chi connectivity index (χ4n) is 3.21. The molecule has 3 nitrogen and oxygen atoms in total. The minimum absolute atomic E-state index is 0.208. The van der Waals surface area contributed by atoms with Gasteiger partial charge in [-0.15, -0.1) is 0 Å². The molecule has 1 aromatic carbocycles. The Hall–Kier alpha value is -2.31. The Balaban J connectivity index is 2.28. The number of allylic oxidation sites excluding steroid dienone is 7. The van der Waals surface area contributed by atoms with Crippen LogP contribution in [-0.4, -0.2) is 18.1 Å². The number of rotatable bonds is 14. The third-order valence-electron chi connectivity index (χ3n) is 5.34. The Morgan fingerprint density at radius 1 is 0.824 bits per heavy atom. The third kappa shape index (κ3) is 14.1. The van der Waals surface area contributed by atoms with E-state index in [4.69, 9.17) is 4.74 Å². The van der Waals surface area contributed by atoms with Gasteiger partial charge in [-0.25, -0.2) is 0 Å². The number of halogens is 3. The molecule has 0 saturated heterocycles. The molecule has 2 N–H and O–H groups in total. The van der Waals surface area contributed by atoms with Gasteiger partial charge < -0.3 is 15.2 Å². The van der Waals surface area contributed by atoms with Gasteiger partial charge in [-0.05, 0) is 97.4 Å². The first-order valence-corrected chi connectivity index (χ1v) is 11.8. The molecule has 0 aliphatic heterocycles. The molecule has 0 saturated carbocycles. The summed E-state index contributed by atoms with van der Waals surface area (Å²) >= 11 is 0. The average Bonchev–Trinajstić information content (AvgIpc) is 2.73. The van der Waals surface area contributed by atoms with Crippen LogP contribution in [0.1, 0.15) is 78.7 Å². The molecule has 190 valence electrons. The van der Waals surface area contributed by atoms with Crippen molar-refractivity contribution in [2.24, 2.45) is 0 Å². The van der Waals surface area contributed by atoms with E-state index in [1.807, 2.05) is 13.0 Å². The van der Waals surface area contributed by atoms with Gasteiger partial charge in [0.05, 0.1) is 12.2 Å². The van der Waals surface area contributed by atoms with E-state index in [1.165, 1.54) is 28.9 Å². The van der Waals surface area contributed by atoms with Crippen LogP contribution in [0.5, 0.6) is 0 Å². The highest BCUT2D eigenvalue weighted by Crippen LogP contribution is 2.29. The number of aliphatic hydroxyl groups is 1. The molecule has 1 atom stereocenters. The van der Waals surface area contributed by atoms with Crippen LogP contribution in [-0.2, 0) is 10.9 Å². The van der Waals surface area contributed by atoms with Crippen LogP contribution in [0.3, 0.4) is 0 Å². The number of aliphatic hydroxyl groups excluding tert-OH is 1. The van der Waals surface area contributed by atoms with Crippen molar-refractivity contribution in [2.45, 2.75) is 85.7 Å². The van der Waals surface area contributed by atoms with Crippen LogP contribution in [0, 0.1) is 0 Å². The fourth-order valence-corrected chi connectivity index (χ4v) is 3.21. The van der Waals surface area contributed by atoms with Crippen molar-refractivity contribution >= 4 is 5.69 Å². The van der Waals surface area contributed by atoms with E-state index in [0.29, 0.717) is 5.69 Å². The zero-order valence-electron chi connectivity index (χ0n) is 21.1. The molecular weight excluding hydrogens is 439 g/mol. The molecule has 0 aromatic heterocycles. The van der Waals surface area contributed by atoms with E-state index in [0.717, 1.165) is 56.2 Å². The molecule has 0 aliphatic carbocycles. The second-order valence-corrected chi connectivity index (χ2v) is 8.95. The quantitative estimate of drug-likeness (QED) is 0.207. The Morgan fingerprint density at radius 2 is 1.29 bits per heavy atom. The monoisotopic (exact) mass is 479 g/mol. The van der Waals surface area contributed by atoms with Gasteiger partial charge in [-0.1, -0.05) is 46.6 Å². The Morgan fingerprint density at radius 3 is 1.76 bits per heavy atom. The van der Waals surface area contributed by atoms with Gasteiger partial charge in [-0.3, -0.25) is 0 Å². The maximum absolute atomic E-state index is 12.6. The summed E-state index contributed by atoms with van der Waals surface area (Å²) in [6, 6.07) is 4.43. The highest BCUT2D eigenvalue weighted by Gasteiger charge is 2.29. The van der Waals surface area contributed by atoms with Crippen LogP contribution < -0.4 is 5.32 Å². The predicted octanol–water partition coefficient (Wildman–Crippen LogP) is 8.56. The molecule has 0 fully saturated rings. The number of benzene rings is 1. The minimum atomic E-state index is -4.38. The lowest BCUT2D eigenvalue weighted by Gasteiger charge is -2.15. The maximum Gasteiger partial charge on any atom is 0.416 e. The van der Waals surface area contributed by atoms with E-state index in [9.17, 15) is 18.3 Å². The lowest BCUT2D eigenvalue weighted by molar-refractivity contribution is -0.137. The summed E-state index contributed by atoms with van der Waals surface area (Å²) in [7, 11) is 0. The second-order valence-electron chi connectivity index (χ2n) is 8.95. The van der Waals surface area contributed by atoms with E-state index in [-0.39, 0.29) is 6.61 Å². The molecule has 0 heterocycles. The summed E-state index contributed by atoms with van der Waals surface area (Å²) in [5, 5.41) is 12.5. The normalized spacial score (nSPS) is 14.2. The molecule has 1 unspecified atom stereocenters. The van der Waals surface area contributed by atoms with Crippen molar-refractivity contribution in [3.63, 3.8) is 0 Å². The molecule has 6 heteroatoms. The smallest absolute Gasteiger partial charge is 0.351 e. The highest BCUT2D eigenvalue weighted by molar-refractivity contribution is 5.45. The molecule has 1 aromatic rings. The van der Waals surface area contributed by atoms with Gasteiger partial charge in [-0.2, -0.15) is 13.2 Å². The number of alkyl halides is 3. The van der Waals surface area contributed by atoms with Crippen molar-refractivity contribution in [3.05, 3.63) is 76.4 Å². The highest BCUT2D eigenvalue weighted by atomic mass is 19.4. The van der Waals surface area contributed by atoms with Crippen LogP contribution in [0.4, 0.5) is 18.9 Å². The molecule has 0 amide bonds. The van der Waals surface area contributed by atoms with Crippen molar-refractivity contribution in [1.29, 1.82) is 0 Å². The molecule has 34 heavy (non-hydrogen) atoms. The topological polar surface area (TPSA) is 41.5 Å². The lowest BCUT2D eigenvalue weighted by Crippen LogP contribution is -2.22. The minimum Gasteiger partial charge on any atom is -0.351 e. The first-order chi connectivity index (χ1) is 16.0. The number of ether oxygens (including phenoxy) is 1. The standard InChI is InChI=1S/C28H40F3NO2/c1-21(2)9-6-10-22(3)11-7-12-23(4)13-8-14-24(5)19-20-34-27(33)32-26-17-15-25(16-18-26)28(29,30)31/h9,11,13,15-19,27,32-33H,6-8,10,12,14,20H2,1-5H3. The third-order valence-corrected chi connectivity index (χ3v) is 5.34. The molecule has 0 aliphatic rings. The summed E-state index contributed by atoms with van der Waals surface area (Å²) in [5.41, 5.74) is 4.96. The SMILES string of the molecule is CC(C)=CCCC(C)=CCCC(C)=CCCC(C)=CCOC(O)Nc1ccc(C(F)(F)F)cc1. The fraction of sp³-hybridized carbons (Fsp3) is 0.500. The number of hydrogen-bond donors (Lipinski definition) is 2. The largest absolute Gasteiger partial charge is 0.416 e. The average molecular weight is 480 g/mol. The van der Waals surface area contributed by atoms with Crippen LogP contribution in [0.25, 0.3) is 0 Å². The van der Waals surface area contributed by atoms with Gasteiger partial charge in [0.15, 0.2) is 0 Å². The number of anilines is 1. The van der Waals surface area contributed by atoms with E-state index < -0.39 is 18.2 Å². The zero-order chi connectivity index (χ0) is 25.6. The van der Waals surface area contributed by atoms with E-state index in [2.05, 4.69) is 51.2 Å². The Bertz CT molecular complexity index is 845. The Kier molecular flexibility index (Phi) is 13.6. The van der Waals surface area contributed by atoms with Gasteiger partial charge in [0.1, 0.15) is 0 Å². The van der Waals surface area contributed by atoms with E-state index in [1.54, 1.807) is 0 Å². The molecule has 0 radical (unpaired) electrons. The van der Waals surface area contributed by atoms with Crippen molar-refractivity contribution in [3.8, 4) is 0 Å². The summed E-state index contributed by atoms with van der Waals surface area (Å²) in [5.74, 6) is 0. The van der Waals surface area contributed by atoms with Crippen molar-refractivity contribution < 1.29 is 23.0 Å². The summed E-state index contributed by atoms with van der Waals surface area (Å²) in [6.45, 7) is 10.8. The van der Waals surface area contributed by atoms with Gasteiger partial charge in [0.2, 0.25) is 6.41 Å². The van der Waals surface area contributed by atoms with Gasteiger partial charge in [0, 0.05) is 5.69 Å². The van der Waals surface area contributed by atoms with Crippen LogP contribution in [0.2, 0.25) is 0 Å². The van der Waals surface area contributed by atoms with Gasteiger partial charge in [0.25, 0.3) is 0 Å². The van der Waals surface area contributed by atoms with Crippen molar-refractivity contribution in [1.82, 2.24) is 0 Å².